The molecule has 0 saturated carbocycles. The van der Waals surface area contributed by atoms with Crippen LogP contribution in [0.4, 0.5) is 11.4 Å². The molecule has 2 rings (SSSR count). The van der Waals surface area contributed by atoms with Gasteiger partial charge in [0, 0.05) is 10.1 Å². The van der Waals surface area contributed by atoms with E-state index in [-0.39, 0.29) is 0 Å². The molecule has 5 heteroatoms. The maximum atomic E-state index is 5.98. The summed E-state index contributed by atoms with van der Waals surface area (Å²) < 4.78 is 11.6. The Bertz CT molecular complexity index is 602. The van der Waals surface area contributed by atoms with Crippen LogP contribution >= 0.6 is 22.6 Å². The lowest BCUT2D eigenvalue weighted by Gasteiger charge is -2.12. The lowest BCUT2D eigenvalue weighted by Crippen LogP contribution is -2.03. The Morgan fingerprint density at radius 2 is 1.80 bits per heavy atom. The van der Waals surface area contributed by atoms with Crippen LogP contribution in [0.2, 0.25) is 0 Å². The van der Waals surface area contributed by atoms with Gasteiger partial charge in [0.05, 0.1) is 25.6 Å². The predicted octanol–water partition coefficient (Wildman–Crippen LogP) is 3.50. The number of benzene rings is 2. The fraction of sp³-hybridized carbons (Fsp3) is 0.200. The third-order valence-electron chi connectivity index (χ3n) is 2.94. The second kappa shape index (κ2) is 6.69. The summed E-state index contributed by atoms with van der Waals surface area (Å²) in [6, 6.07) is 11.8. The van der Waals surface area contributed by atoms with E-state index in [1.807, 2.05) is 36.4 Å². The van der Waals surface area contributed by atoms with Gasteiger partial charge in [0.15, 0.2) is 11.5 Å². The summed E-state index contributed by atoms with van der Waals surface area (Å²) in [7, 11) is 3.26. The number of hydrogen-bond acceptors (Lipinski definition) is 4. The summed E-state index contributed by atoms with van der Waals surface area (Å²) in [4.78, 5) is 0. The Morgan fingerprint density at radius 3 is 2.45 bits per heavy atom. The standard InChI is InChI=1S/C15H17IN2O2/c1-19-14-6-3-10(7-15(14)20-2)9-18-13-5-4-11(16)8-12(13)17/h3-8,18H,9,17H2,1-2H3. The summed E-state index contributed by atoms with van der Waals surface area (Å²) >= 11 is 2.24. The third-order valence-corrected chi connectivity index (χ3v) is 3.62. The first kappa shape index (κ1) is 14.8. The zero-order valence-electron chi connectivity index (χ0n) is 11.4. The topological polar surface area (TPSA) is 56.5 Å². The van der Waals surface area contributed by atoms with Crippen molar-refractivity contribution in [2.75, 3.05) is 25.3 Å². The van der Waals surface area contributed by atoms with Crippen LogP contribution in [-0.4, -0.2) is 14.2 Å². The summed E-state index contributed by atoms with van der Waals surface area (Å²) in [5.41, 5.74) is 8.75. The number of rotatable bonds is 5. The van der Waals surface area contributed by atoms with Gasteiger partial charge in [-0.15, -0.1) is 0 Å². The van der Waals surface area contributed by atoms with Crippen LogP contribution in [0.15, 0.2) is 36.4 Å². The molecular weight excluding hydrogens is 367 g/mol. The number of halogens is 1. The average molecular weight is 384 g/mol. The minimum Gasteiger partial charge on any atom is -0.493 e. The van der Waals surface area contributed by atoms with Gasteiger partial charge in [-0.05, 0) is 58.5 Å². The van der Waals surface area contributed by atoms with E-state index in [0.29, 0.717) is 6.54 Å². The summed E-state index contributed by atoms with van der Waals surface area (Å²) in [5.74, 6) is 1.45. The van der Waals surface area contributed by atoms with Crippen LogP contribution in [0, 0.1) is 3.57 Å². The molecule has 4 nitrogen and oxygen atoms in total. The molecule has 0 aliphatic carbocycles. The van der Waals surface area contributed by atoms with E-state index in [1.165, 1.54) is 0 Å². The number of anilines is 2. The van der Waals surface area contributed by atoms with Gasteiger partial charge in [0.1, 0.15) is 0 Å². The van der Waals surface area contributed by atoms with Gasteiger partial charge in [-0.1, -0.05) is 6.07 Å². The fourth-order valence-corrected chi connectivity index (χ4v) is 2.40. The molecule has 0 radical (unpaired) electrons. The normalized spacial score (nSPS) is 10.2. The molecule has 0 aliphatic rings. The Labute approximate surface area is 132 Å². The first-order chi connectivity index (χ1) is 9.63. The molecule has 0 saturated heterocycles. The van der Waals surface area contributed by atoms with Gasteiger partial charge in [0.2, 0.25) is 0 Å². The van der Waals surface area contributed by atoms with Crippen molar-refractivity contribution in [1.29, 1.82) is 0 Å². The number of hydrogen-bond donors (Lipinski definition) is 2. The molecule has 0 aromatic heterocycles. The number of ether oxygens (including phenoxy) is 2. The summed E-state index contributed by atoms with van der Waals surface area (Å²) in [6.07, 6.45) is 0. The molecular formula is C15H17IN2O2. The highest BCUT2D eigenvalue weighted by molar-refractivity contribution is 14.1. The minimum absolute atomic E-state index is 0.672. The number of nitrogen functional groups attached to an aromatic ring is 1. The van der Waals surface area contributed by atoms with Gasteiger partial charge in [-0.2, -0.15) is 0 Å². The van der Waals surface area contributed by atoms with Crippen LogP contribution in [0.3, 0.4) is 0 Å². The molecule has 0 bridgehead atoms. The molecule has 0 fully saturated rings. The largest absolute Gasteiger partial charge is 0.493 e. The van der Waals surface area contributed by atoms with Crippen molar-refractivity contribution >= 4 is 34.0 Å². The van der Waals surface area contributed by atoms with Crippen molar-refractivity contribution < 1.29 is 9.47 Å². The maximum absolute atomic E-state index is 5.98. The van der Waals surface area contributed by atoms with Crippen molar-refractivity contribution in [3.8, 4) is 11.5 Å². The van der Waals surface area contributed by atoms with E-state index < -0.39 is 0 Å². The van der Waals surface area contributed by atoms with Gasteiger partial charge in [-0.3, -0.25) is 0 Å². The van der Waals surface area contributed by atoms with Gasteiger partial charge >= 0.3 is 0 Å². The van der Waals surface area contributed by atoms with Crippen LogP contribution in [0.5, 0.6) is 11.5 Å². The van der Waals surface area contributed by atoms with Crippen molar-refractivity contribution in [1.82, 2.24) is 0 Å². The number of nitrogens with two attached hydrogens (primary N) is 1. The van der Waals surface area contributed by atoms with Crippen molar-refractivity contribution in [3.63, 3.8) is 0 Å². The van der Waals surface area contributed by atoms with Crippen LogP contribution in [-0.2, 0) is 6.54 Å². The molecule has 0 spiro atoms. The zero-order valence-corrected chi connectivity index (χ0v) is 13.6. The highest BCUT2D eigenvalue weighted by Gasteiger charge is 2.05. The van der Waals surface area contributed by atoms with E-state index in [0.717, 1.165) is 32.0 Å². The van der Waals surface area contributed by atoms with Crippen molar-refractivity contribution in [2.24, 2.45) is 0 Å². The highest BCUT2D eigenvalue weighted by Crippen LogP contribution is 2.28. The average Bonchev–Trinajstić information content (AvgIpc) is 2.46. The molecule has 2 aromatic carbocycles. The van der Waals surface area contributed by atoms with E-state index >= 15 is 0 Å². The second-order valence-corrected chi connectivity index (χ2v) is 5.52. The monoisotopic (exact) mass is 384 g/mol. The van der Waals surface area contributed by atoms with Gasteiger partial charge in [-0.25, -0.2) is 0 Å². The molecule has 0 aliphatic heterocycles. The Kier molecular flexibility index (Phi) is 4.94. The van der Waals surface area contributed by atoms with E-state index in [4.69, 9.17) is 15.2 Å². The Balaban J connectivity index is 2.10. The number of nitrogens with one attached hydrogen (secondary N) is 1. The Hall–Kier alpha value is -1.63. The number of methoxy groups -OCH3 is 2. The molecule has 0 heterocycles. The van der Waals surface area contributed by atoms with Crippen molar-refractivity contribution in [3.05, 3.63) is 45.5 Å². The van der Waals surface area contributed by atoms with E-state index in [9.17, 15) is 0 Å². The molecule has 2 aromatic rings. The molecule has 0 amide bonds. The van der Waals surface area contributed by atoms with Crippen molar-refractivity contribution in [2.45, 2.75) is 6.54 Å². The second-order valence-electron chi connectivity index (χ2n) is 4.27. The van der Waals surface area contributed by atoms with Crippen LogP contribution < -0.4 is 20.5 Å². The van der Waals surface area contributed by atoms with Gasteiger partial charge < -0.3 is 20.5 Å². The SMILES string of the molecule is COc1ccc(CNc2ccc(I)cc2N)cc1OC. The van der Waals surface area contributed by atoms with Crippen LogP contribution in [0.25, 0.3) is 0 Å². The maximum Gasteiger partial charge on any atom is 0.161 e. The minimum atomic E-state index is 0.672. The molecule has 3 N–H and O–H groups in total. The summed E-state index contributed by atoms with van der Waals surface area (Å²) in [6.45, 7) is 0.672. The molecule has 106 valence electrons. The highest BCUT2D eigenvalue weighted by atomic mass is 127. The first-order valence-corrected chi connectivity index (χ1v) is 7.21. The smallest absolute Gasteiger partial charge is 0.161 e. The fourth-order valence-electron chi connectivity index (χ4n) is 1.88. The first-order valence-electron chi connectivity index (χ1n) is 6.14. The molecule has 20 heavy (non-hydrogen) atoms. The lowest BCUT2D eigenvalue weighted by molar-refractivity contribution is 0.354. The molecule has 0 atom stereocenters. The zero-order chi connectivity index (χ0) is 14.5. The van der Waals surface area contributed by atoms with E-state index in [1.54, 1.807) is 14.2 Å². The summed E-state index contributed by atoms with van der Waals surface area (Å²) in [5, 5.41) is 3.32. The van der Waals surface area contributed by atoms with Gasteiger partial charge in [0.25, 0.3) is 0 Å². The lowest BCUT2D eigenvalue weighted by atomic mass is 10.2. The molecule has 0 unspecified atom stereocenters. The quantitative estimate of drug-likeness (QED) is 0.612. The van der Waals surface area contributed by atoms with E-state index in [2.05, 4.69) is 27.9 Å². The third kappa shape index (κ3) is 3.47. The Morgan fingerprint density at radius 1 is 1.05 bits per heavy atom. The predicted molar refractivity (Wildman–Crippen MR) is 90.4 cm³/mol. The van der Waals surface area contributed by atoms with Crippen LogP contribution in [0.1, 0.15) is 5.56 Å².